The van der Waals surface area contributed by atoms with Crippen LogP contribution in [0.15, 0.2) is 58.3 Å². The number of hydrogen-bond acceptors (Lipinski definition) is 5. The summed E-state index contributed by atoms with van der Waals surface area (Å²) >= 11 is 1.46. The van der Waals surface area contributed by atoms with Crippen molar-refractivity contribution in [3.63, 3.8) is 0 Å². The molecule has 2 aromatic carbocycles. The van der Waals surface area contributed by atoms with Crippen LogP contribution >= 0.6 is 11.8 Å². The molecule has 1 saturated heterocycles. The third-order valence-electron chi connectivity index (χ3n) is 5.63. The third kappa shape index (κ3) is 6.19. The smallest absolute Gasteiger partial charge is 0.394 e. The van der Waals surface area contributed by atoms with Crippen LogP contribution in [0.1, 0.15) is 28.6 Å². The maximum atomic E-state index is 13.4. The number of ether oxygens (including phenoxy) is 1. The van der Waals surface area contributed by atoms with Gasteiger partial charge in [0.05, 0.1) is 28.1 Å². The molecule has 4 rings (SSSR count). The van der Waals surface area contributed by atoms with Crippen molar-refractivity contribution in [2.24, 2.45) is 0 Å². The van der Waals surface area contributed by atoms with Gasteiger partial charge in [-0.1, -0.05) is 36.0 Å². The van der Waals surface area contributed by atoms with Crippen LogP contribution in [0.2, 0.25) is 0 Å². The van der Waals surface area contributed by atoms with Crippen LogP contribution < -0.4 is 0 Å². The van der Waals surface area contributed by atoms with E-state index in [-0.39, 0.29) is 6.61 Å². The molecule has 1 N–H and O–H groups in total. The Morgan fingerprint density at radius 1 is 1.03 bits per heavy atom. The fourth-order valence-corrected chi connectivity index (χ4v) is 5.02. The van der Waals surface area contributed by atoms with Crippen molar-refractivity contribution in [2.45, 2.75) is 22.4 Å². The Bertz CT molecular complexity index is 1140. The van der Waals surface area contributed by atoms with E-state index in [1.165, 1.54) is 28.8 Å². The molecular weight excluding hydrogens is 449 g/mol. The van der Waals surface area contributed by atoms with Gasteiger partial charge in [0.1, 0.15) is 0 Å². The van der Waals surface area contributed by atoms with Crippen LogP contribution in [0.5, 0.6) is 0 Å². The first-order valence-corrected chi connectivity index (χ1v) is 11.7. The summed E-state index contributed by atoms with van der Waals surface area (Å²) < 4.78 is 77.5. The molecule has 0 aromatic heterocycles. The highest BCUT2D eigenvalue weighted by molar-refractivity contribution is 7.99. The summed E-state index contributed by atoms with van der Waals surface area (Å²) in [6, 6.07) is 11.5. The molecule has 2 aliphatic heterocycles. The van der Waals surface area contributed by atoms with Crippen molar-refractivity contribution in [2.75, 3.05) is 59.0 Å². The normalized spacial score (nSPS) is 21.0. The lowest BCUT2D eigenvalue weighted by Gasteiger charge is -2.34. The van der Waals surface area contributed by atoms with Gasteiger partial charge in [0.15, 0.2) is 0 Å². The zero-order valence-corrected chi connectivity index (χ0v) is 18.9. The maximum Gasteiger partial charge on any atom is 0.416 e. The van der Waals surface area contributed by atoms with Gasteiger partial charge in [0.25, 0.3) is 0 Å². The van der Waals surface area contributed by atoms with Crippen LogP contribution in [0.4, 0.5) is 13.2 Å². The first-order chi connectivity index (χ1) is 17.4. The van der Waals surface area contributed by atoms with Crippen molar-refractivity contribution in [1.29, 1.82) is 0 Å². The number of nitrogens with zero attached hydrogens (tertiary/aromatic N) is 2. The van der Waals surface area contributed by atoms with E-state index in [2.05, 4.69) is 4.90 Å². The Labute approximate surface area is 202 Å². The van der Waals surface area contributed by atoms with E-state index in [4.69, 9.17) is 15.3 Å². The number of hydrogen-bond donors (Lipinski definition) is 1. The Kier molecular flexibility index (Phi) is 6.52. The average Bonchev–Trinajstić information content (AvgIpc) is 2.86. The largest absolute Gasteiger partial charge is 0.416 e. The molecule has 178 valence electrons. The minimum atomic E-state index is -4.43. The predicted molar refractivity (Wildman–Crippen MR) is 124 cm³/mol. The standard InChI is InChI=1S/C25H29F3N2O2S/c26-25(27,28)19-7-8-24-22(18-19)20(21-4-1-2-6-23(21)33-24)5-3-9-29-10-12-30(13-11-29)14-16-32-17-15-31/h1-2,4-8,18,31H,3,9-17H2/b20-5-/i14D2,16D2. The second-order valence-corrected chi connectivity index (χ2v) is 8.91. The number of alkyl halides is 3. The molecule has 2 aromatic rings. The summed E-state index contributed by atoms with van der Waals surface area (Å²) in [7, 11) is 0. The summed E-state index contributed by atoms with van der Waals surface area (Å²) in [6.07, 6.45) is -1.85. The average molecular weight is 483 g/mol. The van der Waals surface area contributed by atoms with Gasteiger partial charge in [-0.3, -0.25) is 4.90 Å². The van der Waals surface area contributed by atoms with E-state index in [1.54, 1.807) is 0 Å². The molecule has 0 unspecified atom stereocenters. The number of benzene rings is 2. The Balaban J connectivity index is 1.45. The van der Waals surface area contributed by atoms with E-state index in [0.717, 1.165) is 27.0 Å². The molecular formula is C25H29F3N2O2S. The monoisotopic (exact) mass is 482 g/mol. The van der Waals surface area contributed by atoms with Crippen LogP contribution in [-0.4, -0.2) is 73.9 Å². The van der Waals surface area contributed by atoms with Gasteiger partial charge >= 0.3 is 6.18 Å². The van der Waals surface area contributed by atoms with E-state index in [9.17, 15) is 13.2 Å². The number of aliphatic hydroxyl groups excluding tert-OH is 1. The SMILES string of the molecule is [2H]C([2H])(OCCO)C([2H])([2H])N1CCN(CC/C=C2/c3ccccc3Sc3ccc(C(F)(F)F)cc32)CC1. The van der Waals surface area contributed by atoms with Crippen molar-refractivity contribution in [1.82, 2.24) is 9.80 Å². The highest BCUT2D eigenvalue weighted by Gasteiger charge is 2.32. The second kappa shape index (κ2) is 11.1. The Morgan fingerprint density at radius 2 is 1.76 bits per heavy atom. The van der Waals surface area contributed by atoms with Gasteiger partial charge in [-0.2, -0.15) is 13.2 Å². The van der Waals surface area contributed by atoms with Crippen LogP contribution in [0.3, 0.4) is 0 Å². The van der Waals surface area contributed by atoms with Gasteiger partial charge in [-0.05, 0) is 47.4 Å². The molecule has 0 bridgehead atoms. The molecule has 0 spiro atoms. The first kappa shape index (κ1) is 19.5. The highest BCUT2D eigenvalue weighted by Crippen LogP contribution is 2.47. The summed E-state index contributed by atoms with van der Waals surface area (Å²) in [4.78, 5) is 5.31. The van der Waals surface area contributed by atoms with Gasteiger partial charge in [0.2, 0.25) is 0 Å². The Hall–Kier alpha value is -1.84. The lowest BCUT2D eigenvalue weighted by atomic mass is 9.94. The first-order valence-electron chi connectivity index (χ1n) is 12.9. The predicted octanol–water partition coefficient (Wildman–Crippen LogP) is 4.62. The molecule has 0 amide bonds. The lowest BCUT2D eigenvalue weighted by molar-refractivity contribution is -0.137. The third-order valence-corrected chi connectivity index (χ3v) is 6.78. The lowest BCUT2D eigenvalue weighted by Crippen LogP contribution is -2.47. The van der Waals surface area contributed by atoms with E-state index in [0.29, 0.717) is 44.7 Å². The zero-order valence-electron chi connectivity index (χ0n) is 22.1. The van der Waals surface area contributed by atoms with Crippen LogP contribution in [0, 0.1) is 0 Å². The fraction of sp³-hybridized carbons (Fsp3) is 0.440. The van der Waals surface area contributed by atoms with Crippen LogP contribution in [0.25, 0.3) is 5.57 Å². The molecule has 2 heterocycles. The van der Waals surface area contributed by atoms with E-state index < -0.39 is 31.4 Å². The molecule has 8 heteroatoms. The molecule has 2 aliphatic rings. The summed E-state index contributed by atoms with van der Waals surface area (Å²) in [5.41, 5.74) is 1.58. The number of piperazine rings is 1. The van der Waals surface area contributed by atoms with Crippen molar-refractivity contribution in [3.8, 4) is 0 Å². The second-order valence-electron chi connectivity index (χ2n) is 7.83. The fourth-order valence-electron chi connectivity index (χ4n) is 3.94. The molecule has 4 nitrogen and oxygen atoms in total. The number of halogens is 3. The molecule has 33 heavy (non-hydrogen) atoms. The minimum Gasteiger partial charge on any atom is -0.394 e. The number of rotatable bonds is 8. The van der Waals surface area contributed by atoms with Gasteiger partial charge in [0, 0.05) is 51.8 Å². The van der Waals surface area contributed by atoms with Gasteiger partial charge in [-0.15, -0.1) is 0 Å². The van der Waals surface area contributed by atoms with Crippen molar-refractivity contribution >= 4 is 17.3 Å². The molecule has 1 fully saturated rings. The van der Waals surface area contributed by atoms with Crippen LogP contribution in [-0.2, 0) is 10.9 Å². The quantitative estimate of drug-likeness (QED) is 0.507. The summed E-state index contributed by atoms with van der Waals surface area (Å²) in [5.74, 6) is 0. The van der Waals surface area contributed by atoms with Gasteiger partial charge < -0.3 is 14.7 Å². The van der Waals surface area contributed by atoms with Crippen molar-refractivity contribution in [3.05, 3.63) is 65.2 Å². The molecule has 0 aliphatic carbocycles. The highest BCUT2D eigenvalue weighted by atomic mass is 32.2. The zero-order chi connectivity index (χ0) is 26.8. The summed E-state index contributed by atoms with van der Waals surface area (Å²) in [5, 5.41) is 8.88. The topological polar surface area (TPSA) is 35.9 Å². The van der Waals surface area contributed by atoms with Gasteiger partial charge in [-0.25, -0.2) is 0 Å². The molecule has 0 atom stereocenters. The van der Waals surface area contributed by atoms with E-state index in [1.807, 2.05) is 30.3 Å². The number of fused-ring (bicyclic) bond motifs is 2. The Morgan fingerprint density at radius 3 is 2.52 bits per heavy atom. The summed E-state index contributed by atoms with van der Waals surface area (Å²) in [6.45, 7) is -3.37. The van der Waals surface area contributed by atoms with Crippen molar-refractivity contribution < 1.29 is 28.5 Å². The minimum absolute atomic E-state index is 0.294. The number of aliphatic hydroxyl groups is 1. The maximum absolute atomic E-state index is 13.4. The molecule has 0 radical (unpaired) electrons. The van der Waals surface area contributed by atoms with E-state index >= 15 is 0 Å². The molecule has 0 saturated carbocycles.